The third kappa shape index (κ3) is 0.815. The molecule has 0 spiro atoms. The summed E-state index contributed by atoms with van der Waals surface area (Å²) in [5, 5.41) is 8.66. The molecule has 0 aromatic rings. The molecule has 0 aromatic heterocycles. The maximum atomic E-state index is 10.6. The van der Waals surface area contributed by atoms with Crippen molar-refractivity contribution in [2.75, 3.05) is 0 Å². The molecular formula is C6H4N4O2. The highest BCUT2D eigenvalue weighted by Gasteiger charge is 2.13. The third-order valence-corrected chi connectivity index (χ3v) is 1.42. The second-order valence-electron chi connectivity index (χ2n) is 2.13. The standard InChI is InChI=1S/C6H4N4O2/c11-6(12)10-3-7-1-4-5(10)9-2-8-4/h1-3H,(H,11,12). The molecule has 60 valence electrons. The Morgan fingerprint density at radius 2 is 2.33 bits per heavy atom. The van der Waals surface area contributed by atoms with Crippen LogP contribution >= 0.6 is 0 Å². The molecule has 0 amide bonds. The molecule has 0 bridgehead atoms. The molecule has 0 radical (unpaired) electrons. The molecule has 0 atom stereocenters. The van der Waals surface area contributed by atoms with Crippen molar-refractivity contribution in [3.8, 4) is 11.5 Å². The zero-order valence-corrected chi connectivity index (χ0v) is 5.88. The van der Waals surface area contributed by atoms with Gasteiger partial charge >= 0.3 is 6.09 Å². The first-order valence-corrected chi connectivity index (χ1v) is 3.15. The van der Waals surface area contributed by atoms with Crippen LogP contribution in [-0.4, -0.2) is 30.7 Å². The molecule has 6 nitrogen and oxygen atoms in total. The molecule has 0 aliphatic carbocycles. The highest BCUT2D eigenvalue weighted by atomic mass is 16.4. The van der Waals surface area contributed by atoms with Crippen LogP contribution in [0, 0.1) is 0 Å². The van der Waals surface area contributed by atoms with Crippen LogP contribution in [0.2, 0.25) is 0 Å². The molecule has 12 heavy (non-hydrogen) atoms. The number of carbonyl (C=O) groups is 1. The van der Waals surface area contributed by atoms with Crippen molar-refractivity contribution in [2.45, 2.75) is 0 Å². The van der Waals surface area contributed by atoms with Gasteiger partial charge in [-0.1, -0.05) is 0 Å². The van der Waals surface area contributed by atoms with E-state index in [0.29, 0.717) is 11.5 Å². The summed E-state index contributed by atoms with van der Waals surface area (Å²) in [7, 11) is 0. The zero-order chi connectivity index (χ0) is 8.55. The maximum absolute atomic E-state index is 10.6. The quantitative estimate of drug-likeness (QED) is 0.605. The third-order valence-electron chi connectivity index (χ3n) is 1.42. The number of nitrogens with zero attached hydrogens (tertiary/aromatic N) is 4. The van der Waals surface area contributed by atoms with Gasteiger partial charge in [0.1, 0.15) is 18.3 Å². The lowest BCUT2D eigenvalue weighted by Gasteiger charge is -2.01. The second-order valence-corrected chi connectivity index (χ2v) is 2.13. The van der Waals surface area contributed by atoms with Gasteiger partial charge in [-0.15, -0.1) is 0 Å². The SMILES string of the molecule is O=C(O)n1cncc2ncnc1-2. The lowest BCUT2D eigenvalue weighted by atomic mass is 10.4. The number of hydrogen-bond donors (Lipinski definition) is 1. The van der Waals surface area contributed by atoms with Gasteiger partial charge in [0.2, 0.25) is 0 Å². The molecule has 0 fully saturated rings. The topological polar surface area (TPSA) is 80.9 Å². The first kappa shape index (κ1) is 6.71. The first-order chi connectivity index (χ1) is 5.79. The van der Waals surface area contributed by atoms with E-state index in [9.17, 15) is 4.79 Å². The monoisotopic (exact) mass is 164 g/mol. The summed E-state index contributed by atoms with van der Waals surface area (Å²) in [6.07, 6.45) is 2.82. The Bertz CT molecular complexity index is 397. The largest absolute Gasteiger partial charge is 0.464 e. The Morgan fingerprint density at radius 1 is 1.50 bits per heavy atom. The Balaban J connectivity index is 2.71. The lowest BCUT2D eigenvalue weighted by Crippen LogP contribution is -2.12. The van der Waals surface area contributed by atoms with E-state index in [1.807, 2.05) is 0 Å². The van der Waals surface area contributed by atoms with Gasteiger partial charge in [-0.3, -0.25) is 0 Å². The summed E-state index contributed by atoms with van der Waals surface area (Å²) < 4.78 is 0.919. The van der Waals surface area contributed by atoms with Crippen LogP contribution in [0.3, 0.4) is 0 Å². The van der Waals surface area contributed by atoms with Crippen molar-refractivity contribution in [1.29, 1.82) is 0 Å². The normalized spacial score (nSPS) is 10.3. The van der Waals surface area contributed by atoms with Gasteiger partial charge in [0.05, 0.1) is 6.20 Å². The number of fused-ring (bicyclic) bond motifs is 1. The summed E-state index contributed by atoms with van der Waals surface area (Å²) >= 11 is 0. The van der Waals surface area contributed by atoms with Gasteiger partial charge < -0.3 is 5.11 Å². The molecule has 2 heterocycles. The zero-order valence-electron chi connectivity index (χ0n) is 5.88. The summed E-state index contributed by atoms with van der Waals surface area (Å²) in [6, 6.07) is 0. The van der Waals surface area contributed by atoms with Crippen LogP contribution < -0.4 is 0 Å². The molecule has 2 aliphatic heterocycles. The number of rotatable bonds is 0. The Hall–Kier alpha value is -1.98. The fourth-order valence-electron chi connectivity index (χ4n) is 0.912. The lowest BCUT2D eigenvalue weighted by molar-refractivity contribution is 0.196. The highest BCUT2D eigenvalue weighted by Crippen LogP contribution is 2.13. The van der Waals surface area contributed by atoms with Crippen molar-refractivity contribution in [3.63, 3.8) is 0 Å². The molecule has 0 saturated carbocycles. The van der Waals surface area contributed by atoms with Crippen LogP contribution in [0.4, 0.5) is 4.79 Å². The Labute approximate surface area is 66.9 Å². The van der Waals surface area contributed by atoms with E-state index in [1.165, 1.54) is 18.9 Å². The smallest absolute Gasteiger partial charge is 0.418 e. The van der Waals surface area contributed by atoms with E-state index in [-0.39, 0.29) is 0 Å². The minimum Gasteiger partial charge on any atom is -0.464 e. The van der Waals surface area contributed by atoms with E-state index < -0.39 is 6.09 Å². The predicted molar refractivity (Wildman–Crippen MR) is 37.9 cm³/mol. The second kappa shape index (κ2) is 2.26. The molecule has 2 aliphatic rings. The van der Waals surface area contributed by atoms with Crippen LogP contribution in [0.1, 0.15) is 0 Å². The Morgan fingerprint density at radius 3 is 3.08 bits per heavy atom. The predicted octanol–water partition coefficient (Wildman–Crippen LogP) is 0.304. The average molecular weight is 164 g/mol. The van der Waals surface area contributed by atoms with Crippen LogP contribution in [0.15, 0.2) is 18.9 Å². The van der Waals surface area contributed by atoms with Crippen molar-refractivity contribution < 1.29 is 9.90 Å². The summed E-state index contributed by atoms with van der Waals surface area (Å²) in [6.45, 7) is 0. The fraction of sp³-hybridized carbons (Fsp3) is 0. The van der Waals surface area contributed by atoms with Crippen molar-refractivity contribution in [1.82, 2.24) is 19.5 Å². The maximum Gasteiger partial charge on any atom is 0.418 e. The van der Waals surface area contributed by atoms with Gasteiger partial charge in [-0.2, -0.15) is 0 Å². The number of hydrogen-bond acceptors (Lipinski definition) is 4. The number of imidazole rings is 1. The Kier molecular flexibility index (Phi) is 1.26. The van der Waals surface area contributed by atoms with Crippen molar-refractivity contribution in [2.24, 2.45) is 0 Å². The van der Waals surface area contributed by atoms with Gasteiger partial charge in [-0.25, -0.2) is 24.3 Å². The fourth-order valence-corrected chi connectivity index (χ4v) is 0.912. The van der Waals surface area contributed by atoms with Gasteiger partial charge in [0.25, 0.3) is 0 Å². The molecule has 0 aromatic carbocycles. The van der Waals surface area contributed by atoms with E-state index in [2.05, 4.69) is 15.0 Å². The minimum absolute atomic E-state index is 0.303. The van der Waals surface area contributed by atoms with Crippen molar-refractivity contribution in [3.05, 3.63) is 18.9 Å². The van der Waals surface area contributed by atoms with Crippen LogP contribution in [0.25, 0.3) is 11.5 Å². The van der Waals surface area contributed by atoms with E-state index >= 15 is 0 Å². The minimum atomic E-state index is -1.12. The molecule has 6 heteroatoms. The molecular weight excluding hydrogens is 160 g/mol. The summed E-state index contributed by atoms with van der Waals surface area (Å²) in [5.41, 5.74) is 0.472. The van der Waals surface area contributed by atoms with Gasteiger partial charge in [-0.05, 0) is 0 Å². The average Bonchev–Trinajstić information content (AvgIpc) is 2.49. The molecule has 0 saturated heterocycles. The van der Waals surface area contributed by atoms with E-state index in [4.69, 9.17) is 5.11 Å². The number of carboxylic acid groups (broad SMARTS) is 1. The molecule has 2 rings (SSSR count). The van der Waals surface area contributed by atoms with Gasteiger partial charge in [0.15, 0.2) is 5.82 Å². The molecule has 0 unspecified atom stereocenters. The summed E-state index contributed by atoms with van der Waals surface area (Å²) in [4.78, 5) is 21.8. The number of aromatic nitrogens is 4. The van der Waals surface area contributed by atoms with E-state index in [1.54, 1.807) is 0 Å². The van der Waals surface area contributed by atoms with Gasteiger partial charge in [0, 0.05) is 0 Å². The van der Waals surface area contributed by atoms with Crippen LogP contribution in [0.5, 0.6) is 0 Å². The van der Waals surface area contributed by atoms with E-state index in [0.717, 1.165) is 4.57 Å². The molecule has 1 N–H and O–H groups in total. The van der Waals surface area contributed by atoms with Crippen LogP contribution in [-0.2, 0) is 0 Å². The highest BCUT2D eigenvalue weighted by molar-refractivity contribution is 5.73. The summed E-state index contributed by atoms with van der Waals surface area (Å²) in [5.74, 6) is 0.303. The van der Waals surface area contributed by atoms with Crippen molar-refractivity contribution >= 4 is 6.09 Å². The first-order valence-electron chi connectivity index (χ1n) is 3.15.